The summed E-state index contributed by atoms with van der Waals surface area (Å²) in [5, 5.41) is 0. The molecule has 1 aromatic rings. The first kappa shape index (κ1) is 15.4. The highest BCUT2D eigenvalue weighted by Gasteiger charge is 2.18. The van der Waals surface area contributed by atoms with Crippen LogP contribution in [0.4, 0.5) is 0 Å². The van der Waals surface area contributed by atoms with Crippen molar-refractivity contribution in [2.45, 2.75) is 25.7 Å². The molecule has 2 unspecified atom stereocenters. The predicted molar refractivity (Wildman–Crippen MR) is 76.6 cm³/mol. The smallest absolute Gasteiger partial charge is 0.104 e. The first-order chi connectivity index (χ1) is 9.66. The van der Waals surface area contributed by atoms with Gasteiger partial charge >= 0.3 is 0 Å². The summed E-state index contributed by atoms with van der Waals surface area (Å²) in [6.45, 7) is 5.37. The summed E-state index contributed by atoms with van der Waals surface area (Å²) in [5.41, 5.74) is 2.20. The van der Waals surface area contributed by atoms with Crippen molar-refractivity contribution >= 4 is 0 Å². The van der Waals surface area contributed by atoms with Gasteiger partial charge in [-0.05, 0) is 27.1 Å². The molecule has 112 valence electrons. The Morgan fingerprint density at radius 1 is 1.45 bits per heavy atom. The van der Waals surface area contributed by atoms with Crippen LogP contribution in [0.3, 0.4) is 0 Å². The monoisotopic (exact) mass is 280 g/mol. The number of aromatic nitrogens is 1. The van der Waals surface area contributed by atoms with Crippen LogP contribution in [0.2, 0.25) is 0 Å². The molecule has 5 nitrogen and oxygen atoms in total. The molecular formula is C15H24N2O3. The number of nitrogens with zero attached hydrogens (tertiary/aromatic N) is 2. The molecule has 0 bridgehead atoms. The van der Waals surface area contributed by atoms with E-state index in [9.17, 15) is 0 Å². The van der Waals surface area contributed by atoms with Gasteiger partial charge in [-0.1, -0.05) is 6.07 Å². The van der Waals surface area contributed by atoms with Gasteiger partial charge in [-0.2, -0.15) is 0 Å². The minimum absolute atomic E-state index is 0.00387. The summed E-state index contributed by atoms with van der Waals surface area (Å²) in [5.74, 6) is 0. The number of rotatable bonds is 6. The van der Waals surface area contributed by atoms with Gasteiger partial charge in [-0.25, -0.2) is 0 Å². The maximum absolute atomic E-state index is 5.93. The van der Waals surface area contributed by atoms with E-state index in [0.717, 1.165) is 17.8 Å². The molecule has 0 amide bonds. The van der Waals surface area contributed by atoms with E-state index in [2.05, 4.69) is 22.9 Å². The van der Waals surface area contributed by atoms with Crippen molar-refractivity contribution in [2.75, 3.05) is 40.5 Å². The third-order valence-corrected chi connectivity index (χ3v) is 3.25. The van der Waals surface area contributed by atoms with Crippen LogP contribution >= 0.6 is 0 Å². The zero-order valence-electron chi connectivity index (χ0n) is 12.5. The molecule has 1 aliphatic heterocycles. The second kappa shape index (κ2) is 7.69. The summed E-state index contributed by atoms with van der Waals surface area (Å²) in [6.07, 6.45) is 1.87. The van der Waals surface area contributed by atoms with E-state index in [1.54, 1.807) is 0 Å². The van der Waals surface area contributed by atoms with E-state index in [0.29, 0.717) is 26.4 Å². The molecule has 20 heavy (non-hydrogen) atoms. The first-order valence-electron chi connectivity index (χ1n) is 7.06. The van der Waals surface area contributed by atoms with Crippen LogP contribution in [0.25, 0.3) is 0 Å². The van der Waals surface area contributed by atoms with Crippen molar-refractivity contribution in [3.63, 3.8) is 0 Å². The molecule has 0 aliphatic carbocycles. The maximum atomic E-state index is 5.93. The fourth-order valence-corrected chi connectivity index (χ4v) is 2.23. The Labute approximate surface area is 120 Å². The van der Waals surface area contributed by atoms with E-state index in [1.807, 2.05) is 26.4 Å². The average molecular weight is 280 g/mol. The predicted octanol–water partition coefficient (Wildman–Crippen LogP) is 1.64. The van der Waals surface area contributed by atoms with Gasteiger partial charge in [0.2, 0.25) is 0 Å². The molecule has 1 aliphatic rings. The second-order valence-corrected chi connectivity index (χ2v) is 5.32. The lowest BCUT2D eigenvalue weighted by molar-refractivity contribution is -0.123. The van der Waals surface area contributed by atoms with Gasteiger partial charge in [0, 0.05) is 18.3 Å². The van der Waals surface area contributed by atoms with Gasteiger partial charge in [-0.15, -0.1) is 0 Å². The van der Waals surface area contributed by atoms with Crippen LogP contribution in [-0.4, -0.2) is 56.5 Å². The molecule has 0 saturated carbocycles. The van der Waals surface area contributed by atoms with Crippen molar-refractivity contribution < 1.29 is 14.2 Å². The van der Waals surface area contributed by atoms with Crippen molar-refractivity contribution in [1.82, 2.24) is 9.88 Å². The fourth-order valence-electron chi connectivity index (χ4n) is 2.23. The van der Waals surface area contributed by atoms with Crippen molar-refractivity contribution in [2.24, 2.45) is 0 Å². The third kappa shape index (κ3) is 4.52. The van der Waals surface area contributed by atoms with E-state index < -0.39 is 0 Å². The Morgan fingerprint density at radius 3 is 3.00 bits per heavy atom. The van der Waals surface area contributed by atoms with Gasteiger partial charge in [0.25, 0.3) is 0 Å². The number of hydrogen-bond donors (Lipinski definition) is 0. The molecule has 0 spiro atoms. The minimum Gasteiger partial charge on any atom is -0.376 e. The van der Waals surface area contributed by atoms with E-state index in [4.69, 9.17) is 14.2 Å². The van der Waals surface area contributed by atoms with E-state index in [1.165, 1.54) is 0 Å². The molecule has 0 radical (unpaired) electrons. The molecular weight excluding hydrogens is 256 g/mol. The highest BCUT2D eigenvalue weighted by atomic mass is 16.6. The van der Waals surface area contributed by atoms with Crippen molar-refractivity contribution in [3.8, 4) is 0 Å². The average Bonchev–Trinajstić information content (AvgIpc) is 2.46. The number of pyridine rings is 1. The van der Waals surface area contributed by atoms with Gasteiger partial charge in [0.05, 0.1) is 38.2 Å². The lowest BCUT2D eigenvalue weighted by Crippen LogP contribution is -2.32. The summed E-state index contributed by atoms with van der Waals surface area (Å²) >= 11 is 0. The van der Waals surface area contributed by atoms with Crippen LogP contribution in [0.5, 0.6) is 0 Å². The third-order valence-electron chi connectivity index (χ3n) is 3.25. The molecule has 5 heteroatoms. The van der Waals surface area contributed by atoms with Gasteiger partial charge in [-0.3, -0.25) is 4.98 Å². The van der Waals surface area contributed by atoms with Crippen LogP contribution in [0.15, 0.2) is 18.3 Å². The lowest BCUT2D eigenvalue weighted by Gasteiger charge is -2.25. The molecule has 1 fully saturated rings. The summed E-state index contributed by atoms with van der Waals surface area (Å²) in [6, 6.07) is 4.03. The van der Waals surface area contributed by atoms with Crippen LogP contribution < -0.4 is 0 Å². The molecule has 2 heterocycles. The zero-order valence-corrected chi connectivity index (χ0v) is 12.5. The standard InChI is InChI=1S/C15H24N2O3/c1-12(20-11-13-10-18-7-8-19-13)14-5-4-6-16-15(14)9-17(2)3/h4-6,12-13H,7-11H2,1-3H3. The molecule has 1 saturated heterocycles. The van der Waals surface area contributed by atoms with Gasteiger partial charge in [0.15, 0.2) is 0 Å². The highest BCUT2D eigenvalue weighted by molar-refractivity contribution is 5.22. The molecule has 2 rings (SSSR count). The zero-order chi connectivity index (χ0) is 14.4. The number of hydrogen-bond acceptors (Lipinski definition) is 5. The fraction of sp³-hybridized carbons (Fsp3) is 0.667. The lowest BCUT2D eigenvalue weighted by atomic mass is 10.1. The summed E-state index contributed by atoms with van der Waals surface area (Å²) in [7, 11) is 4.08. The van der Waals surface area contributed by atoms with Crippen LogP contribution in [-0.2, 0) is 20.8 Å². The largest absolute Gasteiger partial charge is 0.376 e. The maximum Gasteiger partial charge on any atom is 0.104 e. The Bertz CT molecular complexity index is 406. The Kier molecular flexibility index (Phi) is 5.91. The second-order valence-electron chi connectivity index (χ2n) is 5.32. The molecule has 0 N–H and O–H groups in total. The molecule has 0 aromatic carbocycles. The van der Waals surface area contributed by atoms with Crippen LogP contribution in [0, 0.1) is 0 Å². The van der Waals surface area contributed by atoms with Gasteiger partial charge < -0.3 is 19.1 Å². The summed E-state index contributed by atoms with van der Waals surface area (Å²) in [4.78, 5) is 6.56. The van der Waals surface area contributed by atoms with Crippen molar-refractivity contribution in [1.29, 1.82) is 0 Å². The Morgan fingerprint density at radius 2 is 2.30 bits per heavy atom. The Balaban J connectivity index is 1.92. The first-order valence-corrected chi connectivity index (χ1v) is 7.06. The normalized spacial score (nSPS) is 21.1. The summed E-state index contributed by atoms with van der Waals surface area (Å²) < 4.78 is 16.9. The van der Waals surface area contributed by atoms with Gasteiger partial charge in [0.1, 0.15) is 6.10 Å². The van der Waals surface area contributed by atoms with Crippen LogP contribution in [0.1, 0.15) is 24.3 Å². The number of ether oxygens (including phenoxy) is 3. The Hall–Kier alpha value is -1.01. The highest BCUT2D eigenvalue weighted by Crippen LogP contribution is 2.21. The SMILES string of the molecule is CC(OCC1COCCO1)c1cccnc1CN(C)C. The van der Waals surface area contributed by atoms with E-state index >= 15 is 0 Å². The van der Waals surface area contributed by atoms with Crippen molar-refractivity contribution in [3.05, 3.63) is 29.6 Å². The quantitative estimate of drug-likeness (QED) is 0.792. The molecule has 1 aromatic heterocycles. The topological polar surface area (TPSA) is 43.8 Å². The minimum atomic E-state index is 0.00387. The molecule has 2 atom stereocenters. The van der Waals surface area contributed by atoms with E-state index in [-0.39, 0.29) is 12.2 Å².